The van der Waals surface area contributed by atoms with Gasteiger partial charge in [-0.2, -0.15) is 0 Å². The molecule has 0 spiro atoms. The molecular formula is C28H41N3O8. The molecule has 0 radical (unpaired) electrons. The molecule has 0 saturated carbocycles. The fourth-order valence-electron chi connectivity index (χ4n) is 4.48. The molecule has 0 aliphatic carbocycles. The minimum absolute atomic E-state index is 0.112. The van der Waals surface area contributed by atoms with Crippen LogP contribution >= 0.6 is 0 Å². The highest BCUT2D eigenvalue weighted by atomic mass is 16.6. The molecule has 0 bridgehead atoms. The first-order valence-corrected chi connectivity index (χ1v) is 13.3. The van der Waals surface area contributed by atoms with Gasteiger partial charge in [0.1, 0.15) is 24.3 Å². The Morgan fingerprint density at radius 3 is 2.31 bits per heavy atom. The minimum Gasteiger partial charge on any atom is -0.481 e. The predicted molar refractivity (Wildman–Crippen MR) is 142 cm³/mol. The lowest BCUT2D eigenvalue weighted by atomic mass is 9.99. The van der Waals surface area contributed by atoms with Crippen LogP contribution in [-0.2, 0) is 39.9 Å². The summed E-state index contributed by atoms with van der Waals surface area (Å²) in [6.45, 7) is 8.49. The van der Waals surface area contributed by atoms with Crippen LogP contribution in [0.3, 0.4) is 0 Å². The standard InChI is InChI=1S/C28H41N3O8/c1-6-17(4)26(35)30-20(14-19-10-8-7-9-11-19)28(37)39-22(15-23(33)34)25-21(38-18(5)32)12-13-31(25)27(36)24(29)16(2)3/h7-11,16-17,20-22,24-25H,6,12-15,29H2,1-5H3,(H,30,35)(H,33,34)/t17-,20+,21+,22?,24?,25+/m1/s1. The van der Waals surface area contributed by atoms with E-state index in [0.29, 0.717) is 6.42 Å². The zero-order valence-electron chi connectivity index (χ0n) is 23.3. The molecule has 1 aliphatic heterocycles. The Kier molecular flexibility index (Phi) is 11.9. The normalized spacial score (nSPS) is 20.0. The van der Waals surface area contributed by atoms with Gasteiger partial charge in [-0.3, -0.25) is 19.2 Å². The van der Waals surface area contributed by atoms with E-state index >= 15 is 0 Å². The number of nitrogens with one attached hydrogen (secondary N) is 1. The molecule has 216 valence electrons. The highest BCUT2D eigenvalue weighted by Crippen LogP contribution is 2.29. The lowest BCUT2D eigenvalue weighted by Crippen LogP contribution is -2.56. The number of aliphatic carboxylic acids is 1. The lowest BCUT2D eigenvalue weighted by molar-refractivity contribution is -0.167. The van der Waals surface area contributed by atoms with Gasteiger partial charge < -0.3 is 30.5 Å². The van der Waals surface area contributed by atoms with Gasteiger partial charge in [0.15, 0.2) is 0 Å². The molecule has 1 heterocycles. The average Bonchev–Trinajstić information content (AvgIpc) is 3.29. The molecule has 1 fully saturated rings. The predicted octanol–water partition coefficient (Wildman–Crippen LogP) is 1.66. The first kappa shape index (κ1) is 31.7. The van der Waals surface area contributed by atoms with Crippen molar-refractivity contribution in [1.82, 2.24) is 10.2 Å². The molecule has 1 aromatic rings. The molecule has 39 heavy (non-hydrogen) atoms. The van der Waals surface area contributed by atoms with Crippen molar-refractivity contribution >= 4 is 29.7 Å². The zero-order chi connectivity index (χ0) is 29.3. The molecule has 11 nitrogen and oxygen atoms in total. The van der Waals surface area contributed by atoms with E-state index in [1.54, 1.807) is 45.0 Å². The highest BCUT2D eigenvalue weighted by molar-refractivity contribution is 5.86. The van der Waals surface area contributed by atoms with E-state index in [0.717, 1.165) is 5.56 Å². The van der Waals surface area contributed by atoms with Crippen molar-refractivity contribution in [2.24, 2.45) is 17.6 Å². The third-order valence-corrected chi connectivity index (χ3v) is 6.97. The summed E-state index contributed by atoms with van der Waals surface area (Å²) < 4.78 is 11.2. The Hall–Kier alpha value is -3.47. The van der Waals surface area contributed by atoms with Crippen molar-refractivity contribution in [3.63, 3.8) is 0 Å². The number of ether oxygens (including phenoxy) is 2. The van der Waals surface area contributed by atoms with Crippen LogP contribution in [0.2, 0.25) is 0 Å². The summed E-state index contributed by atoms with van der Waals surface area (Å²) in [5.74, 6) is -4.11. The van der Waals surface area contributed by atoms with Gasteiger partial charge in [-0.25, -0.2) is 4.79 Å². The van der Waals surface area contributed by atoms with Gasteiger partial charge in [-0.05, 0) is 17.9 Å². The van der Waals surface area contributed by atoms with Crippen LogP contribution in [0.25, 0.3) is 0 Å². The second-order valence-corrected chi connectivity index (χ2v) is 10.4. The molecule has 2 unspecified atom stereocenters. The number of rotatable bonds is 13. The Morgan fingerprint density at radius 1 is 1.13 bits per heavy atom. The van der Waals surface area contributed by atoms with E-state index in [9.17, 15) is 29.1 Å². The summed E-state index contributed by atoms with van der Waals surface area (Å²) in [6, 6.07) is 5.95. The van der Waals surface area contributed by atoms with Gasteiger partial charge in [-0.1, -0.05) is 58.0 Å². The topological polar surface area (TPSA) is 165 Å². The van der Waals surface area contributed by atoms with Crippen LogP contribution in [-0.4, -0.2) is 76.6 Å². The van der Waals surface area contributed by atoms with Crippen LogP contribution in [0.1, 0.15) is 59.4 Å². The van der Waals surface area contributed by atoms with Crippen LogP contribution in [0.5, 0.6) is 0 Å². The van der Waals surface area contributed by atoms with E-state index in [1.807, 2.05) is 13.0 Å². The Labute approximate surface area is 229 Å². The largest absolute Gasteiger partial charge is 0.481 e. The van der Waals surface area contributed by atoms with E-state index in [4.69, 9.17) is 15.2 Å². The number of nitrogens with two attached hydrogens (primary N) is 1. The maximum Gasteiger partial charge on any atom is 0.329 e. The number of hydrogen-bond acceptors (Lipinski definition) is 8. The molecule has 11 heteroatoms. The van der Waals surface area contributed by atoms with Crippen LogP contribution in [0.4, 0.5) is 0 Å². The monoisotopic (exact) mass is 547 g/mol. The maximum absolute atomic E-state index is 13.5. The van der Waals surface area contributed by atoms with Gasteiger partial charge in [0, 0.05) is 32.2 Å². The summed E-state index contributed by atoms with van der Waals surface area (Å²) >= 11 is 0. The molecule has 1 aliphatic rings. The van der Waals surface area contributed by atoms with E-state index < -0.39 is 60.6 Å². The number of carboxylic acid groups (broad SMARTS) is 1. The molecule has 4 N–H and O–H groups in total. The van der Waals surface area contributed by atoms with Gasteiger partial charge in [0.25, 0.3) is 0 Å². The van der Waals surface area contributed by atoms with Crippen LogP contribution < -0.4 is 11.1 Å². The van der Waals surface area contributed by atoms with Gasteiger partial charge >= 0.3 is 17.9 Å². The summed E-state index contributed by atoms with van der Waals surface area (Å²) in [5.41, 5.74) is 6.87. The third kappa shape index (κ3) is 9.05. The Balaban J connectivity index is 2.42. The maximum atomic E-state index is 13.5. The SMILES string of the molecule is CC[C@@H](C)C(=O)N[C@@H](Cc1ccccc1)C(=O)OC(CC(=O)O)[C@@H]1[C@@H](OC(C)=O)CCN1C(=O)C(N)C(C)C. The smallest absolute Gasteiger partial charge is 0.329 e. The van der Waals surface area contributed by atoms with Crippen molar-refractivity contribution in [1.29, 1.82) is 0 Å². The fourth-order valence-corrected chi connectivity index (χ4v) is 4.48. The van der Waals surface area contributed by atoms with Crippen molar-refractivity contribution in [2.45, 2.75) is 90.6 Å². The van der Waals surface area contributed by atoms with Crippen LogP contribution in [0.15, 0.2) is 30.3 Å². The van der Waals surface area contributed by atoms with Crippen molar-refractivity contribution < 1.29 is 38.6 Å². The minimum atomic E-state index is -1.36. The first-order chi connectivity index (χ1) is 18.3. The number of hydrogen-bond donors (Lipinski definition) is 3. The third-order valence-electron chi connectivity index (χ3n) is 6.97. The molecular weight excluding hydrogens is 506 g/mol. The first-order valence-electron chi connectivity index (χ1n) is 13.3. The second-order valence-electron chi connectivity index (χ2n) is 10.4. The molecule has 2 amide bonds. The van der Waals surface area contributed by atoms with E-state index in [-0.39, 0.29) is 37.1 Å². The summed E-state index contributed by atoms with van der Waals surface area (Å²) in [7, 11) is 0. The number of amides is 2. The van der Waals surface area contributed by atoms with Crippen LogP contribution in [0, 0.1) is 11.8 Å². The Bertz CT molecular complexity index is 1020. The van der Waals surface area contributed by atoms with E-state index in [1.165, 1.54) is 11.8 Å². The second kappa shape index (κ2) is 14.6. The summed E-state index contributed by atoms with van der Waals surface area (Å²) in [4.78, 5) is 64.5. The zero-order valence-corrected chi connectivity index (χ0v) is 23.3. The molecule has 2 rings (SSSR count). The van der Waals surface area contributed by atoms with Crippen molar-refractivity contribution in [2.75, 3.05) is 6.54 Å². The lowest BCUT2D eigenvalue weighted by Gasteiger charge is -2.35. The van der Waals surface area contributed by atoms with Gasteiger partial charge in [0.05, 0.1) is 12.5 Å². The number of benzene rings is 1. The Morgan fingerprint density at radius 2 is 1.77 bits per heavy atom. The number of carbonyl (C=O) groups is 5. The summed E-state index contributed by atoms with van der Waals surface area (Å²) in [5, 5.41) is 12.4. The van der Waals surface area contributed by atoms with Crippen molar-refractivity contribution in [3.8, 4) is 0 Å². The van der Waals surface area contributed by atoms with Crippen molar-refractivity contribution in [3.05, 3.63) is 35.9 Å². The quantitative estimate of drug-likeness (QED) is 0.311. The fraction of sp³-hybridized carbons (Fsp3) is 0.607. The average molecular weight is 548 g/mol. The van der Waals surface area contributed by atoms with E-state index in [2.05, 4.69) is 5.32 Å². The molecule has 0 aromatic heterocycles. The highest BCUT2D eigenvalue weighted by Gasteiger charge is 2.48. The number of carboxylic acids is 1. The number of carbonyl (C=O) groups excluding carboxylic acids is 4. The number of esters is 2. The number of nitrogens with zero attached hydrogens (tertiary/aromatic N) is 1. The molecule has 1 saturated heterocycles. The van der Waals surface area contributed by atoms with Gasteiger partial charge in [-0.15, -0.1) is 0 Å². The molecule has 6 atom stereocenters. The number of likely N-dealkylation sites (tertiary alicyclic amines) is 1. The van der Waals surface area contributed by atoms with Gasteiger partial charge in [0.2, 0.25) is 11.8 Å². The molecule has 1 aromatic carbocycles. The summed E-state index contributed by atoms with van der Waals surface area (Å²) in [6.07, 6.45) is -2.01.